The SMILES string of the molecule is Cc1ccc(Nc2cc(NCC(C)C)nc(C)n2)c(Br)c1. The lowest BCUT2D eigenvalue weighted by Crippen LogP contribution is -2.10. The largest absolute Gasteiger partial charge is 0.370 e. The highest BCUT2D eigenvalue weighted by Gasteiger charge is 2.05. The first kappa shape index (κ1) is 15.8. The number of hydrogen-bond acceptors (Lipinski definition) is 4. The molecule has 0 radical (unpaired) electrons. The fourth-order valence-electron chi connectivity index (χ4n) is 1.89. The normalized spacial score (nSPS) is 10.8. The molecule has 0 aliphatic heterocycles. The number of rotatable bonds is 5. The Morgan fingerprint density at radius 1 is 1.10 bits per heavy atom. The van der Waals surface area contributed by atoms with Crippen molar-refractivity contribution in [1.82, 2.24) is 9.97 Å². The lowest BCUT2D eigenvalue weighted by Gasteiger charge is -2.12. The van der Waals surface area contributed by atoms with Gasteiger partial charge < -0.3 is 10.6 Å². The van der Waals surface area contributed by atoms with Gasteiger partial charge in [-0.2, -0.15) is 0 Å². The molecule has 0 aliphatic rings. The Labute approximate surface area is 134 Å². The van der Waals surface area contributed by atoms with E-state index in [9.17, 15) is 0 Å². The zero-order valence-electron chi connectivity index (χ0n) is 12.9. The number of aryl methyl sites for hydroxylation is 2. The standard InChI is InChI=1S/C16H21BrN4/c1-10(2)9-18-15-8-16(20-12(4)19-15)21-14-6-5-11(3)7-13(14)17/h5-8,10H,9H2,1-4H3,(H2,18,19,20,21). The Kier molecular flexibility index (Phi) is 5.17. The van der Waals surface area contributed by atoms with Crippen molar-refractivity contribution < 1.29 is 0 Å². The van der Waals surface area contributed by atoms with Gasteiger partial charge in [-0.1, -0.05) is 19.9 Å². The van der Waals surface area contributed by atoms with E-state index in [1.807, 2.05) is 19.1 Å². The molecule has 0 saturated carbocycles. The van der Waals surface area contributed by atoms with E-state index in [-0.39, 0.29) is 0 Å². The summed E-state index contributed by atoms with van der Waals surface area (Å²) >= 11 is 3.57. The second-order valence-electron chi connectivity index (χ2n) is 5.57. The van der Waals surface area contributed by atoms with Crippen LogP contribution in [0.2, 0.25) is 0 Å². The van der Waals surface area contributed by atoms with Crippen LogP contribution < -0.4 is 10.6 Å². The number of aromatic nitrogens is 2. The Morgan fingerprint density at radius 2 is 1.81 bits per heavy atom. The van der Waals surface area contributed by atoms with Crippen LogP contribution in [-0.2, 0) is 0 Å². The molecule has 2 N–H and O–H groups in total. The van der Waals surface area contributed by atoms with Crippen LogP contribution in [0.25, 0.3) is 0 Å². The molecule has 0 saturated heterocycles. The molecule has 1 aromatic heterocycles. The molecule has 1 aromatic carbocycles. The Hall–Kier alpha value is -1.62. The van der Waals surface area contributed by atoms with E-state index in [0.717, 1.165) is 34.2 Å². The minimum atomic E-state index is 0.572. The van der Waals surface area contributed by atoms with Crippen LogP contribution in [0.1, 0.15) is 25.2 Å². The summed E-state index contributed by atoms with van der Waals surface area (Å²) in [5.41, 5.74) is 2.21. The third-order valence-corrected chi connectivity index (χ3v) is 3.57. The monoisotopic (exact) mass is 348 g/mol. The summed E-state index contributed by atoms with van der Waals surface area (Å²) in [5.74, 6) is 2.96. The molecular weight excluding hydrogens is 328 g/mol. The van der Waals surface area contributed by atoms with Gasteiger partial charge in [-0.05, 0) is 53.4 Å². The first-order chi connectivity index (χ1) is 9.94. The van der Waals surface area contributed by atoms with Gasteiger partial charge in [0.2, 0.25) is 0 Å². The summed E-state index contributed by atoms with van der Waals surface area (Å²) in [6.07, 6.45) is 0. The van der Waals surface area contributed by atoms with Crippen molar-refractivity contribution in [2.45, 2.75) is 27.7 Å². The number of nitrogens with zero attached hydrogens (tertiary/aromatic N) is 2. The zero-order valence-corrected chi connectivity index (χ0v) is 14.5. The highest BCUT2D eigenvalue weighted by atomic mass is 79.9. The first-order valence-corrected chi connectivity index (χ1v) is 7.86. The van der Waals surface area contributed by atoms with Crippen molar-refractivity contribution in [1.29, 1.82) is 0 Å². The van der Waals surface area contributed by atoms with Gasteiger partial charge in [-0.3, -0.25) is 0 Å². The summed E-state index contributed by atoms with van der Waals surface area (Å²) in [4.78, 5) is 8.85. The van der Waals surface area contributed by atoms with Crippen LogP contribution in [0.15, 0.2) is 28.7 Å². The molecule has 0 atom stereocenters. The molecule has 0 fully saturated rings. The maximum atomic E-state index is 4.44. The third-order valence-electron chi connectivity index (χ3n) is 2.92. The van der Waals surface area contributed by atoms with Crippen molar-refractivity contribution in [3.05, 3.63) is 40.1 Å². The van der Waals surface area contributed by atoms with E-state index in [1.165, 1.54) is 5.56 Å². The van der Waals surface area contributed by atoms with E-state index in [4.69, 9.17) is 0 Å². The van der Waals surface area contributed by atoms with Crippen molar-refractivity contribution in [2.75, 3.05) is 17.2 Å². The number of benzene rings is 1. The highest BCUT2D eigenvalue weighted by molar-refractivity contribution is 9.10. The summed E-state index contributed by atoms with van der Waals surface area (Å²) in [6.45, 7) is 9.20. The summed E-state index contributed by atoms with van der Waals surface area (Å²) < 4.78 is 1.02. The quantitative estimate of drug-likeness (QED) is 0.824. The molecule has 112 valence electrons. The van der Waals surface area contributed by atoms with Gasteiger partial charge in [0.15, 0.2) is 0 Å². The van der Waals surface area contributed by atoms with Crippen LogP contribution in [-0.4, -0.2) is 16.5 Å². The van der Waals surface area contributed by atoms with Crippen molar-refractivity contribution in [2.24, 2.45) is 5.92 Å². The fraction of sp³-hybridized carbons (Fsp3) is 0.375. The Morgan fingerprint density at radius 3 is 2.48 bits per heavy atom. The summed E-state index contributed by atoms with van der Waals surface area (Å²) in [6, 6.07) is 8.12. The fourth-order valence-corrected chi connectivity index (χ4v) is 2.48. The minimum Gasteiger partial charge on any atom is -0.370 e. The average molecular weight is 349 g/mol. The average Bonchev–Trinajstić information content (AvgIpc) is 2.39. The molecule has 2 rings (SSSR count). The molecule has 0 amide bonds. The van der Waals surface area contributed by atoms with Gasteiger partial charge in [0.25, 0.3) is 0 Å². The van der Waals surface area contributed by atoms with Crippen LogP contribution in [0.3, 0.4) is 0 Å². The maximum Gasteiger partial charge on any atom is 0.136 e. The Bertz CT molecular complexity index is 626. The molecule has 1 heterocycles. The highest BCUT2D eigenvalue weighted by Crippen LogP contribution is 2.26. The zero-order chi connectivity index (χ0) is 15.4. The third kappa shape index (κ3) is 4.70. The lowest BCUT2D eigenvalue weighted by atomic mass is 10.2. The van der Waals surface area contributed by atoms with E-state index >= 15 is 0 Å². The van der Waals surface area contributed by atoms with E-state index in [2.05, 4.69) is 69.4 Å². The van der Waals surface area contributed by atoms with Gasteiger partial charge in [-0.25, -0.2) is 9.97 Å². The predicted molar refractivity (Wildman–Crippen MR) is 92.3 cm³/mol. The molecule has 5 heteroatoms. The van der Waals surface area contributed by atoms with Crippen LogP contribution in [0.5, 0.6) is 0 Å². The second kappa shape index (κ2) is 6.89. The molecule has 0 unspecified atom stereocenters. The van der Waals surface area contributed by atoms with Crippen LogP contribution >= 0.6 is 15.9 Å². The van der Waals surface area contributed by atoms with Crippen LogP contribution in [0, 0.1) is 19.8 Å². The molecule has 2 aromatic rings. The minimum absolute atomic E-state index is 0.572. The lowest BCUT2D eigenvalue weighted by molar-refractivity contribution is 0.686. The van der Waals surface area contributed by atoms with Gasteiger partial charge in [-0.15, -0.1) is 0 Å². The summed E-state index contributed by atoms with van der Waals surface area (Å²) in [7, 11) is 0. The topological polar surface area (TPSA) is 49.8 Å². The van der Waals surface area contributed by atoms with Gasteiger partial charge in [0.05, 0.1) is 5.69 Å². The number of anilines is 3. The predicted octanol–water partition coefficient (Wildman–Crippen LogP) is 4.67. The molecule has 21 heavy (non-hydrogen) atoms. The molecule has 4 nitrogen and oxygen atoms in total. The number of nitrogens with one attached hydrogen (secondary N) is 2. The van der Waals surface area contributed by atoms with Gasteiger partial charge >= 0.3 is 0 Å². The van der Waals surface area contributed by atoms with Gasteiger partial charge in [0, 0.05) is 17.1 Å². The first-order valence-electron chi connectivity index (χ1n) is 7.07. The Balaban J connectivity index is 2.19. The molecule has 0 spiro atoms. The summed E-state index contributed by atoms with van der Waals surface area (Å²) in [5, 5.41) is 6.66. The maximum absolute atomic E-state index is 4.44. The molecule has 0 aliphatic carbocycles. The molecular formula is C16H21BrN4. The van der Waals surface area contributed by atoms with Crippen LogP contribution in [0.4, 0.5) is 17.3 Å². The molecule has 0 bridgehead atoms. The van der Waals surface area contributed by atoms with Crippen molar-refractivity contribution in [3.8, 4) is 0 Å². The van der Waals surface area contributed by atoms with Gasteiger partial charge in [0.1, 0.15) is 17.5 Å². The van der Waals surface area contributed by atoms with Crippen molar-refractivity contribution >= 4 is 33.3 Å². The van der Waals surface area contributed by atoms with E-state index in [1.54, 1.807) is 0 Å². The smallest absolute Gasteiger partial charge is 0.136 e. The van der Waals surface area contributed by atoms with E-state index < -0.39 is 0 Å². The number of halogens is 1. The second-order valence-corrected chi connectivity index (χ2v) is 6.42. The van der Waals surface area contributed by atoms with E-state index in [0.29, 0.717) is 5.92 Å². The van der Waals surface area contributed by atoms with Crippen molar-refractivity contribution in [3.63, 3.8) is 0 Å². The number of hydrogen-bond donors (Lipinski definition) is 2.